The predicted octanol–water partition coefficient (Wildman–Crippen LogP) is 1.86. The number of carbonyl (C=O) groups is 1. The molecule has 1 aromatic rings. The standard InChI is InChI=1S/C10H10F3N3O3/c11-10(12,13)3-4-15-9(17)7-5-6(14)1-2-8(7)16(18)19/h1-2,5H,3-4,14H2,(H,15,17). The molecule has 1 rings (SSSR count). The first-order valence-electron chi connectivity index (χ1n) is 5.09. The van der Waals surface area contributed by atoms with E-state index in [1.807, 2.05) is 5.32 Å². The summed E-state index contributed by atoms with van der Waals surface area (Å²) in [6.07, 6.45) is -5.62. The van der Waals surface area contributed by atoms with Crippen molar-refractivity contribution in [2.75, 3.05) is 12.3 Å². The molecule has 0 spiro atoms. The van der Waals surface area contributed by atoms with E-state index in [-0.39, 0.29) is 11.3 Å². The number of amides is 1. The molecule has 6 nitrogen and oxygen atoms in total. The topological polar surface area (TPSA) is 98.3 Å². The van der Waals surface area contributed by atoms with Crippen molar-refractivity contribution in [3.05, 3.63) is 33.9 Å². The molecule has 9 heteroatoms. The van der Waals surface area contributed by atoms with Gasteiger partial charge >= 0.3 is 6.18 Å². The van der Waals surface area contributed by atoms with Gasteiger partial charge in [-0.15, -0.1) is 0 Å². The van der Waals surface area contributed by atoms with Crippen LogP contribution >= 0.6 is 0 Å². The van der Waals surface area contributed by atoms with E-state index < -0.39 is 35.7 Å². The number of nitrogens with two attached hydrogens (primary N) is 1. The fourth-order valence-corrected chi connectivity index (χ4v) is 1.31. The van der Waals surface area contributed by atoms with Crippen LogP contribution in [-0.2, 0) is 0 Å². The predicted molar refractivity (Wildman–Crippen MR) is 60.5 cm³/mol. The minimum atomic E-state index is -4.41. The molecule has 0 unspecified atom stereocenters. The number of halogens is 3. The highest BCUT2D eigenvalue weighted by atomic mass is 19.4. The first kappa shape index (κ1) is 14.7. The maximum Gasteiger partial charge on any atom is 0.390 e. The number of nitro groups is 1. The van der Waals surface area contributed by atoms with Gasteiger partial charge in [-0.25, -0.2) is 0 Å². The Bertz CT molecular complexity index is 503. The molecule has 0 radical (unpaired) electrons. The molecule has 0 saturated heterocycles. The summed E-state index contributed by atoms with van der Waals surface area (Å²) in [5.74, 6) is -0.969. The normalized spacial score (nSPS) is 11.1. The largest absolute Gasteiger partial charge is 0.399 e. The van der Waals surface area contributed by atoms with Gasteiger partial charge in [0.05, 0.1) is 11.3 Å². The summed E-state index contributed by atoms with van der Waals surface area (Å²) in [4.78, 5) is 21.4. The van der Waals surface area contributed by atoms with Gasteiger partial charge in [0, 0.05) is 18.3 Å². The summed E-state index contributed by atoms with van der Waals surface area (Å²) in [5.41, 5.74) is 4.60. The Labute approximate surface area is 105 Å². The van der Waals surface area contributed by atoms with E-state index >= 15 is 0 Å². The molecule has 0 atom stereocenters. The average molecular weight is 277 g/mol. The lowest BCUT2D eigenvalue weighted by atomic mass is 10.1. The molecule has 0 aliphatic rings. The molecule has 0 bridgehead atoms. The van der Waals surface area contributed by atoms with E-state index in [4.69, 9.17) is 5.73 Å². The number of hydrogen-bond donors (Lipinski definition) is 2. The maximum atomic E-state index is 11.9. The van der Waals surface area contributed by atoms with Crippen molar-refractivity contribution in [2.24, 2.45) is 0 Å². The number of benzene rings is 1. The molecule has 104 valence electrons. The van der Waals surface area contributed by atoms with Crippen LogP contribution in [-0.4, -0.2) is 23.6 Å². The number of nitro benzene ring substituents is 1. The minimum absolute atomic E-state index is 0.103. The number of alkyl halides is 3. The van der Waals surface area contributed by atoms with Crippen LogP contribution < -0.4 is 11.1 Å². The summed E-state index contributed by atoms with van der Waals surface area (Å²) >= 11 is 0. The van der Waals surface area contributed by atoms with Crippen LogP contribution in [0.25, 0.3) is 0 Å². The maximum absolute atomic E-state index is 11.9. The van der Waals surface area contributed by atoms with Crippen LogP contribution in [0.4, 0.5) is 24.5 Å². The van der Waals surface area contributed by atoms with Crippen molar-refractivity contribution in [1.29, 1.82) is 0 Å². The van der Waals surface area contributed by atoms with E-state index in [0.717, 1.165) is 12.1 Å². The summed E-state index contributed by atoms with van der Waals surface area (Å²) in [5, 5.41) is 12.6. The molecule has 0 heterocycles. The van der Waals surface area contributed by atoms with Crippen LogP contribution in [0.15, 0.2) is 18.2 Å². The highest BCUT2D eigenvalue weighted by Gasteiger charge is 2.27. The molecule has 1 aromatic carbocycles. The van der Waals surface area contributed by atoms with E-state index in [1.54, 1.807) is 0 Å². The molecule has 0 aromatic heterocycles. The molecular formula is C10H10F3N3O3. The Morgan fingerprint density at radius 2 is 2.05 bits per heavy atom. The first-order valence-corrected chi connectivity index (χ1v) is 5.09. The zero-order chi connectivity index (χ0) is 14.6. The number of hydrogen-bond acceptors (Lipinski definition) is 4. The first-order chi connectivity index (χ1) is 8.70. The van der Waals surface area contributed by atoms with Crippen molar-refractivity contribution in [3.63, 3.8) is 0 Å². The lowest BCUT2D eigenvalue weighted by molar-refractivity contribution is -0.385. The van der Waals surface area contributed by atoms with Gasteiger partial charge in [-0.3, -0.25) is 14.9 Å². The lowest BCUT2D eigenvalue weighted by Gasteiger charge is -2.08. The summed E-state index contributed by atoms with van der Waals surface area (Å²) < 4.78 is 35.7. The summed E-state index contributed by atoms with van der Waals surface area (Å²) in [6, 6.07) is 3.29. The fourth-order valence-electron chi connectivity index (χ4n) is 1.31. The zero-order valence-electron chi connectivity index (χ0n) is 9.53. The molecule has 0 fully saturated rings. The van der Waals surface area contributed by atoms with Crippen LogP contribution in [0.1, 0.15) is 16.8 Å². The number of nitrogens with zero attached hydrogens (tertiary/aromatic N) is 1. The van der Waals surface area contributed by atoms with Gasteiger partial charge in [0.25, 0.3) is 11.6 Å². The van der Waals surface area contributed by atoms with Gasteiger partial charge in [0.2, 0.25) is 0 Å². The number of nitrogen functional groups attached to an aromatic ring is 1. The number of nitrogens with one attached hydrogen (secondary N) is 1. The SMILES string of the molecule is Nc1ccc([N+](=O)[O-])c(C(=O)NCCC(F)(F)F)c1. The molecule has 0 saturated carbocycles. The highest BCUT2D eigenvalue weighted by Crippen LogP contribution is 2.22. The van der Waals surface area contributed by atoms with Crippen molar-refractivity contribution >= 4 is 17.3 Å². The van der Waals surface area contributed by atoms with Crippen LogP contribution in [0, 0.1) is 10.1 Å². The van der Waals surface area contributed by atoms with Crippen LogP contribution in [0.2, 0.25) is 0 Å². The number of rotatable bonds is 4. The fraction of sp³-hybridized carbons (Fsp3) is 0.300. The van der Waals surface area contributed by atoms with E-state index in [9.17, 15) is 28.1 Å². The summed E-state index contributed by atoms with van der Waals surface area (Å²) in [6.45, 7) is -0.658. The third-order valence-corrected chi connectivity index (χ3v) is 2.16. The second-order valence-corrected chi connectivity index (χ2v) is 3.65. The number of carbonyl (C=O) groups excluding carboxylic acids is 1. The monoisotopic (exact) mass is 277 g/mol. The van der Waals surface area contributed by atoms with E-state index in [1.165, 1.54) is 6.07 Å². The summed E-state index contributed by atoms with van der Waals surface area (Å²) in [7, 11) is 0. The Hall–Kier alpha value is -2.32. The Kier molecular flexibility index (Phi) is 4.30. The Morgan fingerprint density at radius 3 is 2.58 bits per heavy atom. The van der Waals surface area contributed by atoms with Crippen molar-refractivity contribution < 1.29 is 22.9 Å². The van der Waals surface area contributed by atoms with Gasteiger partial charge in [0.15, 0.2) is 0 Å². The molecule has 1 amide bonds. The van der Waals surface area contributed by atoms with Crippen molar-refractivity contribution in [3.8, 4) is 0 Å². The quantitative estimate of drug-likeness (QED) is 0.498. The third-order valence-electron chi connectivity index (χ3n) is 2.16. The van der Waals surface area contributed by atoms with Gasteiger partial charge in [-0.2, -0.15) is 13.2 Å². The Balaban J connectivity index is 2.81. The average Bonchev–Trinajstić information content (AvgIpc) is 2.26. The molecule has 0 aliphatic carbocycles. The Morgan fingerprint density at radius 1 is 1.42 bits per heavy atom. The van der Waals surface area contributed by atoms with Crippen LogP contribution in [0.3, 0.4) is 0 Å². The minimum Gasteiger partial charge on any atom is -0.399 e. The molecule has 0 aliphatic heterocycles. The zero-order valence-corrected chi connectivity index (χ0v) is 9.53. The lowest BCUT2D eigenvalue weighted by Crippen LogP contribution is -2.28. The smallest absolute Gasteiger partial charge is 0.390 e. The van der Waals surface area contributed by atoms with Gasteiger partial charge in [-0.05, 0) is 12.1 Å². The highest BCUT2D eigenvalue weighted by molar-refractivity contribution is 5.99. The second kappa shape index (κ2) is 5.55. The second-order valence-electron chi connectivity index (χ2n) is 3.65. The third kappa shape index (κ3) is 4.45. The van der Waals surface area contributed by atoms with E-state index in [2.05, 4.69) is 0 Å². The van der Waals surface area contributed by atoms with E-state index in [0.29, 0.717) is 0 Å². The number of anilines is 1. The molecule has 19 heavy (non-hydrogen) atoms. The van der Waals surface area contributed by atoms with Gasteiger partial charge in [0.1, 0.15) is 5.56 Å². The molecule has 3 N–H and O–H groups in total. The van der Waals surface area contributed by atoms with Gasteiger partial charge in [-0.1, -0.05) is 0 Å². The van der Waals surface area contributed by atoms with Crippen LogP contribution in [0.5, 0.6) is 0 Å². The van der Waals surface area contributed by atoms with Gasteiger partial charge < -0.3 is 11.1 Å². The van der Waals surface area contributed by atoms with Crippen molar-refractivity contribution in [1.82, 2.24) is 5.32 Å². The van der Waals surface area contributed by atoms with Crippen molar-refractivity contribution in [2.45, 2.75) is 12.6 Å². The molecular weight excluding hydrogens is 267 g/mol.